The average molecular weight is 243 g/mol. The number of nitrogens with two attached hydrogens (primary N) is 2. The number of hydrogen-bond donors (Lipinski definition) is 2. The topological polar surface area (TPSA) is 82.8 Å². The maximum Gasteiger partial charge on any atom is 0.416 e. The summed E-state index contributed by atoms with van der Waals surface area (Å²) in [5.74, 6) is 5.69. The molecule has 2 aromatic rings. The Morgan fingerprint density at radius 2 is 1.65 bits per heavy atom. The number of alkyl halides is 3. The quantitative estimate of drug-likeness (QED) is 0.738. The first-order valence-electron chi connectivity index (χ1n) is 4.53. The molecule has 0 aliphatic rings. The van der Waals surface area contributed by atoms with E-state index in [4.69, 9.17) is 11.6 Å². The molecule has 0 saturated carbocycles. The molecule has 1 aromatic carbocycles. The molecular weight excluding hydrogens is 235 g/mol. The van der Waals surface area contributed by atoms with Crippen molar-refractivity contribution in [2.75, 3.05) is 11.6 Å². The lowest BCUT2D eigenvalue weighted by Gasteiger charge is -2.07. The summed E-state index contributed by atoms with van der Waals surface area (Å²) in [7, 11) is 0. The van der Waals surface area contributed by atoms with E-state index in [2.05, 4.69) is 10.2 Å². The van der Waals surface area contributed by atoms with Crippen LogP contribution in [0.15, 0.2) is 24.3 Å². The van der Waals surface area contributed by atoms with Gasteiger partial charge in [0.2, 0.25) is 5.95 Å². The predicted octanol–water partition coefficient (Wildman–Crippen LogP) is 1.26. The highest BCUT2D eigenvalue weighted by Gasteiger charge is 2.30. The van der Waals surface area contributed by atoms with Gasteiger partial charge in [0.1, 0.15) is 0 Å². The first-order valence-corrected chi connectivity index (χ1v) is 4.53. The summed E-state index contributed by atoms with van der Waals surface area (Å²) in [5.41, 5.74) is 5.03. The highest BCUT2D eigenvalue weighted by molar-refractivity contribution is 5.57. The molecule has 0 amide bonds. The Kier molecular flexibility index (Phi) is 2.41. The van der Waals surface area contributed by atoms with E-state index >= 15 is 0 Å². The van der Waals surface area contributed by atoms with Gasteiger partial charge in [-0.05, 0) is 12.1 Å². The molecule has 17 heavy (non-hydrogen) atoms. The molecule has 0 spiro atoms. The molecule has 1 heterocycles. The van der Waals surface area contributed by atoms with Gasteiger partial charge in [0, 0.05) is 5.56 Å². The van der Waals surface area contributed by atoms with Crippen LogP contribution in [0.5, 0.6) is 0 Å². The van der Waals surface area contributed by atoms with Crippen LogP contribution in [0.4, 0.5) is 19.1 Å². The standard InChI is InChI=1S/C9H8F3N5/c10-9(11,12)6-3-1-5(2-4-6)7-15-16-8(13)17(7)14/h1-4H,14H2,(H2,13,16). The minimum atomic E-state index is -4.37. The Morgan fingerprint density at radius 3 is 2.06 bits per heavy atom. The summed E-state index contributed by atoms with van der Waals surface area (Å²) in [6, 6.07) is 4.41. The maximum atomic E-state index is 12.3. The van der Waals surface area contributed by atoms with E-state index in [0.29, 0.717) is 5.56 Å². The van der Waals surface area contributed by atoms with Crippen molar-refractivity contribution in [1.29, 1.82) is 0 Å². The first-order chi connectivity index (χ1) is 7.89. The zero-order valence-electron chi connectivity index (χ0n) is 8.44. The lowest BCUT2D eigenvalue weighted by atomic mass is 10.1. The zero-order valence-corrected chi connectivity index (χ0v) is 8.44. The van der Waals surface area contributed by atoms with Crippen molar-refractivity contribution < 1.29 is 13.2 Å². The van der Waals surface area contributed by atoms with Crippen molar-refractivity contribution >= 4 is 5.95 Å². The van der Waals surface area contributed by atoms with Crippen LogP contribution in [0.2, 0.25) is 0 Å². The van der Waals surface area contributed by atoms with E-state index in [-0.39, 0.29) is 11.8 Å². The van der Waals surface area contributed by atoms with E-state index in [1.807, 2.05) is 0 Å². The van der Waals surface area contributed by atoms with E-state index in [1.54, 1.807) is 0 Å². The van der Waals surface area contributed by atoms with Gasteiger partial charge in [-0.3, -0.25) is 0 Å². The van der Waals surface area contributed by atoms with Gasteiger partial charge in [-0.2, -0.15) is 13.2 Å². The average Bonchev–Trinajstić information content (AvgIpc) is 2.59. The van der Waals surface area contributed by atoms with Crippen molar-refractivity contribution in [1.82, 2.24) is 14.9 Å². The third-order valence-electron chi connectivity index (χ3n) is 2.19. The maximum absolute atomic E-state index is 12.3. The highest BCUT2D eigenvalue weighted by atomic mass is 19.4. The molecule has 1 aromatic heterocycles. The van der Waals surface area contributed by atoms with Crippen LogP contribution in [0.25, 0.3) is 11.4 Å². The number of halogens is 3. The van der Waals surface area contributed by atoms with E-state index < -0.39 is 11.7 Å². The number of anilines is 1. The van der Waals surface area contributed by atoms with Crippen molar-refractivity contribution in [2.24, 2.45) is 0 Å². The first kappa shape index (κ1) is 11.2. The van der Waals surface area contributed by atoms with E-state index in [9.17, 15) is 13.2 Å². The molecule has 0 unspecified atom stereocenters. The van der Waals surface area contributed by atoms with Gasteiger partial charge in [-0.25, -0.2) is 4.68 Å². The summed E-state index contributed by atoms with van der Waals surface area (Å²) in [6.07, 6.45) is -4.37. The van der Waals surface area contributed by atoms with Gasteiger partial charge < -0.3 is 11.6 Å². The fraction of sp³-hybridized carbons (Fsp3) is 0.111. The van der Waals surface area contributed by atoms with Gasteiger partial charge in [0.05, 0.1) is 5.56 Å². The van der Waals surface area contributed by atoms with Crippen LogP contribution in [0, 0.1) is 0 Å². The largest absolute Gasteiger partial charge is 0.416 e. The summed E-state index contributed by atoms with van der Waals surface area (Å²) in [4.78, 5) is 0. The molecule has 0 radical (unpaired) electrons. The Bertz CT molecular complexity index is 529. The molecule has 0 saturated heterocycles. The van der Waals surface area contributed by atoms with Crippen LogP contribution in [0.3, 0.4) is 0 Å². The molecule has 0 fully saturated rings. The minimum Gasteiger partial charge on any atom is -0.366 e. The Labute approximate surface area is 93.8 Å². The monoisotopic (exact) mass is 243 g/mol. The Balaban J connectivity index is 2.40. The molecule has 0 atom stereocenters. The third kappa shape index (κ3) is 2.01. The second-order valence-corrected chi connectivity index (χ2v) is 3.33. The normalized spacial score (nSPS) is 11.7. The number of nitrogen functional groups attached to an aromatic ring is 2. The molecular formula is C9H8F3N5. The fourth-order valence-electron chi connectivity index (χ4n) is 1.31. The second kappa shape index (κ2) is 3.65. The fourth-order valence-corrected chi connectivity index (χ4v) is 1.31. The highest BCUT2D eigenvalue weighted by Crippen LogP contribution is 2.30. The van der Waals surface area contributed by atoms with Crippen LogP contribution in [0.1, 0.15) is 5.56 Å². The van der Waals surface area contributed by atoms with Crippen LogP contribution in [-0.4, -0.2) is 14.9 Å². The molecule has 2 rings (SSSR count). The predicted molar refractivity (Wildman–Crippen MR) is 55.0 cm³/mol. The number of benzene rings is 1. The molecule has 5 nitrogen and oxygen atoms in total. The van der Waals surface area contributed by atoms with Crippen molar-refractivity contribution in [3.8, 4) is 11.4 Å². The number of rotatable bonds is 1. The van der Waals surface area contributed by atoms with Crippen molar-refractivity contribution in [3.05, 3.63) is 29.8 Å². The van der Waals surface area contributed by atoms with Gasteiger partial charge in [-0.1, -0.05) is 12.1 Å². The third-order valence-corrected chi connectivity index (χ3v) is 2.19. The molecule has 90 valence electrons. The molecule has 0 aliphatic carbocycles. The molecule has 4 N–H and O–H groups in total. The lowest BCUT2D eigenvalue weighted by Crippen LogP contribution is -2.13. The number of nitrogens with zero attached hydrogens (tertiary/aromatic N) is 3. The number of aromatic nitrogens is 3. The van der Waals surface area contributed by atoms with E-state index in [1.165, 1.54) is 12.1 Å². The van der Waals surface area contributed by atoms with Crippen LogP contribution in [-0.2, 0) is 6.18 Å². The Hall–Kier alpha value is -2.25. The summed E-state index contributed by atoms with van der Waals surface area (Å²) in [6.45, 7) is 0. The van der Waals surface area contributed by atoms with Crippen molar-refractivity contribution in [3.63, 3.8) is 0 Å². The van der Waals surface area contributed by atoms with Gasteiger partial charge >= 0.3 is 6.18 Å². The van der Waals surface area contributed by atoms with Gasteiger partial charge in [-0.15, -0.1) is 10.2 Å². The zero-order chi connectivity index (χ0) is 12.6. The van der Waals surface area contributed by atoms with Gasteiger partial charge in [0.15, 0.2) is 5.82 Å². The smallest absolute Gasteiger partial charge is 0.366 e. The molecule has 0 bridgehead atoms. The van der Waals surface area contributed by atoms with E-state index in [0.717, 1.165) is 16.8 Å². The van der Waals surface area contributed by atoms with Crippen LogP contribution >= 0.6 is 0 Å². The number of hydrogen-bond acceptors (Lipinski definition) is 4. The van der Waals surface area contributed by atoms with Crippen molar-refractivity contribution in [2.45, 2.75) is 6.18 Å². The SMILES string of the molecule is Nc1nnc(-c2ccc(C(F)(F)F)cc2)n1N. The summed E-state index contributed by atoms with van der Waals surface area (Å²) in [5, 5.41) is 7.17. The lowest BCUT2D eigenvalue weighted by molar-refractivity contribution is -0.137. The molecule has 0 aliphatic heterocycles. The second-order valence-electron chi connectivity index (χ2n) is 3.33. The minimum absolute atomic E-state index is 0.0140. The van der Waals surface area contributed by atoms with Gasteiger partial charge in [0.25, 0.3) is 0 Å². The summed E-state index contributed by atoms with van der Waals surface area (Å²) >= 11 is 0. The van der Waals surface area contributed by atoms with Crippen LogP contribution < -0.4 is 11.6 Å². The Morgan fingerprint density at radius 1 is 1.06 bits per heavy atom. The summed E-state index contributed by atoms with van der Waals surface area (Å²) < 4.78 is 38.0. The molecule has 8 heteroatoms.